The van der Waals surface area contributed by atoms with Gasteiger partial charge in [0.1, 0.15) is 12.4 Å². The molecule has 0 aliphatic carbocycles. The number of thiophene rings is 1. The Bertz CT molecular complexity index is 776. The maximum atomic E-state index is 6.06. The number of ether oxygens (including phenoxy) is 1. The van der Waals surface area contributed by atoms with Crippen molar-refractivity contribution in [3.8, 4) is 5.75 Å². The quantitative estimate of drug-likeness (QED) is 0.766. The zero-order valence-corrected chi connectivity index (χ0v) is 13.2. The molecule has 0 saturated carbocycles. The van der Waals surface area contributed by atoms with Gasteiger partial charge in [-0.2, -0.15) is 0 Å². The van der Waals surface area contributed by atoms with Crippen LogP contribution in [0.4, 0.5) is 0 Å². The van der Waals surface area contributed by atoms with Gasteiger partial charge in [0.15, 0.2) is 0 Å². The minimum atomic E-state index is 0.560. The Labute approximate surface area is 129 Å². The zero-order valence-electron chi connectivity index (χ0n) is 12.3. The minimum absolute atomic E-state index is 0.560. The fourth-order valence-electron chi connectivity index (χ4n) is 2.50. The van der Waals surface area contributed by atoms with E-state index in [1.807, 2.05) is 12.1 Å². The predicted molar refractivity (Wildman–Crippen MR) is 90.0 cm³/mol. The molecule has 0 bridgehead atoms. The highest BCUT2D eigenvalue weighted by molar-refractivity contribution is 7.19. The fourth-order valence-corrected chi connectivity index (χ4v) is 3.59. The third kappa shape index (κ3) is 2.67. The standard InChI is InChI=1S/C18H19NOS/c1-12-6-5-8-16(13(12)2)20-11-15-14-7-3-4-9-17(14)21-18(15)10-19/h3-9H,10-11,19H2,1-2H3. The Morgan fingerprint density at radius 2 is 1.86 bits per heavy atom. The van der Waals surface area contributed by atoms with Gasteiger partial charge >= 0.3 is 0 Å². The molecule has 0 spiro atoms. The second-order valence-electron chi connectivity index (χ2n) is 5.19. The molecule has 1 heterocycles. The van der Waals surface area contributed by atoms with E-state index in [0.29, 0.717) is 13.2 Å². The van der Waals surface area contributed by atoms with Crippen LogP contribution in [0.25, 0.3) is 10.1 Å². The number of fused-ring (bicyclic) bond motifs is 1. The van der Waals surface area contributed by atoms with Gasteiger partial charge in [-0.1, -0.05) is 30.3 Å². The molecule has 0 amide bonds. The van der Waals surface area contributed by atoms with Crippen LogP contribution in [0.15, 0.2) is 42.5 Å². The summed E-state index contributed by atoms with van der Waals surface area (Å²) in [6.07, 6.45) is 0. The smallest absolute Gasteiger partial charge is 0.122 e. The van der Waals surface area contributed by atoms with Gasteiger partial charge in [0.25, 0.3) is 0 Å². The Morgan fingerprint density at radius 1 is 1.05 bits per heavy atom. The third-order valence-corrected chi connectivity index (χ3v) is 5.13. The molecule has 0 unspecified atom stereocenters. The maximum absolute atomic E-state index is 6.06. The van der Waals surface area contributed by atoms with Crippen LogP contribution in [0.3, 0.4) is 0 Å². The Morgan fingerprint density at radius 3 is 2.67 bits per heavy atom. The lowest BCUT2D eigenvalue weighted by Gasteiger charge is -2.11. The molecule has 1 aromatic heterocycles. The normalized spacial score (nSPS) is 11.0. The van der Waals surface area contributed by atoms with Gasteiger partial charge in [0, 0.05) is 21.7 Å². The van der Waals surface area contributed by atoms with E-state index in [-0.39, 0.29) is 0 Å². The van der Waals surface area contributed by atoms with E-state index in [4.69, 9.17) is 10.5 Å². The molecule has 3 rings (SSSR count). The summed E-state index contributed by atoms with van der Waals surface area (Å²) in [4.78, 5) is 1.21. The first-order valence-electron chi connectivity index (χ1n) is 7.09. The topological polar surface area (TPSA) is 35.2 Å². The van der Waals surface area contributed by atoms with Gasteiger partial charge in [-0.25, -0.2) is 0 Å². The average molecular weight is 297 g/mol. The highest BCUT2D eigenvalue weighted by Crippen LogP contribution is 2.32. The van der Waals surface area contributed by atoms with Crippen molar-refractivity contribution in [2.24, 2.45) is 5.73 Å². The van der Waals surface area contributed by atoms with Crippen LogP contribution in [0, 0.1) is 13.8 Å². The number of hydrogen-bond donors (Lipinski definition) is 1. The van der Waals surface area contributed by atoms with Crippen molar-refractivity contribution in [3.63, 3.8) is 0 Å². The zero-order chi connectivity index (χ0) is 14.8. The lowest BCUT2D eigenvalue weighted by atomic mass is 10.1. The van der Waals surface area contributed by atoms with Gasteiger partial charge in [0.2, 0.25) is 0 Å². The van der Waals surface area contributed by atoms with E-state index in [1.54, 1.807) is 11.3 Å². The van der Waals surface area contributed by atoms with Crippen molar-refractivity contribution < 1.29 is 4.74 Å². The molecule has 2 N–H and O–H groups in total. The molecule has 2 nitrogen and oxygen atoms in total. The van der Waals surface area contributed by atoms with Crippen LogP contribution in [0.1, 0.15) is 21.6 Å². The molecule has 3 aromatic rings. The molecule has 0 aliphatic rings. The van der Waals surface area contributed by atoms with Crippen molar-refractivity contribution in [2.75, 3.05) is 0 Å². The predicted octanol–water partition coefficient (Wildman–Crippen LogP) is 4.56. The van der Waals surface area contributed by atoms with Gasteiger partial charge in [-0.15, -0.1) is 11.3 Å². The highest BCUT2D eigenvalue weighted by Gasteiger charge is 2.12. The molecule has 0 radical (unpaired) electrons. The molecule has 3 heteroatoms. The minimum Gasteiger partial charge on any atom is -0.489 e. The summed E-state index contributed by atoms with van der Waals surface area (Å²) in [6, 6.07) is 14.6. The Balaban J connectivity index is 1.93. The van der Waals surface area contributed by atoms with Gasteiger partial charge in [-0.05, 0) is 42.5 Å². The van der Waals surface area contributed by atoms with E-state index < -0.39 is 0 Å². The molecule has 0 atom stereocenters. The highest BCUT2D eigenvalue weighted by atomic mass is 32.1. The number of aryl methyl sites for hydroxylation is 1. The Kier molecular flexibility index (Phi) is 3.95. The molecule has 0 saturated heterocycles. The third-order valence-electron chi connectivity index (χ3n) is 3.89. The molecule has 0 fully saturated rings. The second kappa shape index (κ2) is 5.88. The van der Waals surface area contributed by atoms with Crippen LogP contribution in [-0.4, -0.2) is 0 Å². The van der Waals surface area contributed by atoms with Crippen molar-refractivity contribution in [2.45, 2.75) is 27.0 Å². The van der Waals surface area contributed by atoms with Gasteiger partial charge in [-0.3, -0.25) is 0 Å². The van der Waals surface area contributed by atoms with Gasteiger partial charge < -0.3 is 10.5 Å². The first kappa shape index (κ1) is 14.1. The second-order valence-corrected chi connectivity index (χ2v) is 6.33. The molecule has 108 valence electrons. The Hall–Kier alpha value is -1.84. The summed E-state index contributed by atoms with van der Waals surface area (Å²) in [6.45, 7) is 5.33. The SMILES string of the molecule is Cc1cccc(OCc2c(CN)sc3ccccc23)c1C. The molecule has 0 aliphatic heterocycles. The van der Waals surface area contributed by atoms with E-state index in [1.165, 1.54) is 31.7 Å². The monoisotopic (exact) mass is 297 g/mol. The summed E-state index contributed by atoms with van der Waals surface area (Å²) in [5, 5.41) is 1.26. The summed E-state index contributed by atoms with van der Waals surface area (Å²) < 4.78 is 7.34. The summed E-state index contributed by atoms with van der Waals surface area (Å²) in [5.74, 6) is 0.952. The molecule has 2 aromatic carbocycles. The lowest BCUT2D eigenvalue weighted by Crippen LogP contribution is -2.02. The van der Waals surface area contributed by atoms with Crippen molar-refractivity contribution in [1.82, 2.24) is 0 Å². The van der Waals surface area contributed by atoms with Crippen molar-refractivity contribution >= 4 is 21.4 Å². The molecular formula is C18H19NOS. The first-order valence-corrected chi connectivity index (χ1v) is 7.90. The van der Waals surface area contributed by atoms with Crippen LogP contribution in [-0.2, 0) is 13.2 Å². The fraction of sp³-hybridized carbons (Fsp3) is 0.222. The van der Waals surface area contributed by atoms with Crippen LogP contribution in [0.2, 0.25) is 0 Å². The first-order chi connectivity index (χ1) is 10.2. The van der Waals surface area contributed by atoms with Crippen molar-refractivity contribution in [3.05, 3.63) is 64.0 Å². The van der Waals surface area contributed by atoms with E-state index >= 15 is 0 Å². The van der Waals surface area contributed by atoms with Crippen LogP contribution in [0.5, 0.6) is 5.75 Å². The van der Waals surface area contributed by atoms with E-state index in [9.17, 15) is 0 Å². The summed E-state index contributed by atoms with van der Waals surface area (Å²) in [5.41, 5.74) is 9.57. The molecular weight excluding hydrogens is 278 g/mol. The summed E-state index contributed by atoms with van der Waals surface area (Å²) >= 11 is 1.76. The molecule has 21 heavy (non-hydrogen) atoms. The number of nitrogens with two attached hydrogens (primary N) is 1. The van der Waals surface area contributed by atoms with E-state index in [0.717, 1.165) is 5.75 Å². The van der Waals surface area contributed by atoms with Crippen LogP contribution < -0.4 is 10.5 Å². The average Bonchev–Trinajstić information content (AvgIpc) is 2.86. The number of benzene rings is 2. The lowest BCUT2D eigenvalue weighted by molar-refractivity contribution is 0.304. The largest absolute Gasteiger partial charge is 0.489 e. The van der Waals surface area contributed by atoms with Crippen molar-refractivity contribution in [1.29, 1.82) is 0 Å². The number of hydrogen-bond acceptors (Lipinski definition) is 3. The number of rotatable bonds is 4. The maximum Gasteiger partial charge on any atom is 0.122 e. The summed E-state index contributed by atoms with van der Waals surface area (Å²) in [7, 11) is 0. The van der Waals surface area contributed by atoms with E-state index in [2.05, 4.69) is 44.2 Å². The van der Waals surface area contributed by atoms with Gasteiger partial charge in [0.05, 0.1) is 0 Å². The van der Waals surface area contributed by atoms with Crippen LogP contribution >= 0.6 is 11.3 Å².